The molecule has 3 saturated heterocycles. The number of methoxy groups -OCH3 is 3. The number of esters is 1. The van der Waals surface area contributed by atoms with Crippen LogP contribution in [-0.4, -0.2) is 172 Å². The van der Waals surface area contributed by atoms with Crippen LogP contribution in [0.15, 0.2) is 47.6 Å². The number of piperidine rings is 1. The van der Waals surface area contributed by atoms with Crippen molar-refractivity contribution in [3.05, 3.63) is 47.6 Å². The van der Waals surface area contributed by atoms with Gasteiger partial charge in [-0.2, -0.15) is 12.7 Å². The summed E-state index contributed by atoms with van der Waals surface area (Å²) in [7, 11) is 0.214. The first kappa shape index (κ1) is 63.6. The molecule has 1 aliphatic carbocycles. The number of carbonyl (C=O) groups excluding carboxylic acids is 6. The van der Waals surface area contributed by atoms with Gasteiger partial charge in [0.05, 0.1) is 37.6 Å². The first-order valence-corrected chi connectivity index (χ1v) is 28.9. The second-order valence-electron chi connectivity index (χ2n) is 22.1. The van der Waals surface area contributed by atoms with Gasteiger partial charge in [0.1, 0.15) is 24.4 Å². The zero-order chi connectivity index (χ0) is 56.8. The molecule has 5 aliphatic rings. The number of hydrogen-bond acceptors (Lipinski definition) is 17. The molecule has 4 heterocycles. The lowest BCUT2D eigenvalue weighted by Crippen LogP contribution is -2.61. The van der Waals surface area contributed by atoms with Crippen LogP contribution in [-0.2, 0) is 67.3 Å². The number of aliphatic hydroxyl groups is 2. The van der Waals surface area contributed by atoms with Crippen molar-refractivity contribution in [3.8, 4) is 0 Å². The maximum absolute atomic E-state index is 14.6. The maximum atomic E-state index is 14.6. The summed E-state index contributed by atoms with van der Waals surface area (Å²) in [6, 6.07) is -1.22. The molecular weight excluding hydrogens is 1020 g/mol. The molecule has 77 heavy (non-hydrogen) atoms. The summed E-state index contributed by atoms with van der Waals surface area (Å²) >= 11 is 0. The van der Waals surface area contributed by atoms with Gasteiger partial charge in [0.15, 0.2) is 11.6 Å². The van der Waals surface area contributed by atoms with Gasteiger partial charge < -0.3 is 48.3 Å². The van der Waals surface area contributed by atoms with E-state index in [1.54, 1.807) is 40.9 Å². The van der Waals surface area contributed by atoms with Crippen molar-refractivity contribution in [2.75, 3.05) is 54.2 Å². The Morgan fingerprint density at radius 2 is 1.58 bits per heavy atom. The van der Waals surface area contributed by atoms with Crippen LogP contribution in [0, 0.1) is 35.5 Å². The summed E-state index contributed by atoms with van der Waals surface area (Å²) in [4.78, 5) is 85.5. The molecule has 5 rings (SSSR count). The quantitative estimate of drug-likeness (QED) is 0.190. The van der Waals surface area contributed by atoms with Crippen molar-refractivity contribution in [1.82, 2.24) is 13.9 Å². The number of ether oxygens (including phenoxy) is 7. The Morgan fingerprint density at radius 3 is 2.26 bits per heavy atom. The van der Waals surface area contributed by atoms with E-state index in [9.17, 15) is 47.4 Å². The largest absolute Gasteiger partial charge is 0.460 e. The SMILES string of the molecule is CO[C@H]1C[C@@H]2CC[C@@H](C)[C@@](O)(O2)C(=O)C(=O)N2CCCC[C@H]2C(=O)O[C@H]([C@H](C)C[C@@H]2CC[C@@H](OC(=O)NS(=O)(=O)N3CCOCC3)[C@H](OC)C2)CC(=O)C(C)=CC(C)[C@@H](O)[C@@H](OC)C(=O)[C@H](C)C[C@H](C)C=CC=CC=C1C. The Kier molecular flexibility index (Phi) is 24.2. The van der Waals surface area contributed by atoms with Crippen molar-refractivity contribution in [2.45, 2.75) is 180 Å². The molecule has 1 unspecified atom stereocenters. The van der Waals surface area contributed by atoms with Crippen molar-refractivity contribution in [3.63, 3.8) is 0 Å². The van der Waals surface area contributed by atoms with Crippen LogP contribution in [0.2, 0.25) is 0 Å². The zero-order valence-electron chi connectivity index (χ0n) is 46.9. The molecule has 0 radical (unpaired) electrons. The predicted molar refractivity (Wildman–Crippen MR) is 284 cm³/mol. The molecule has 0 spiro atoms. The third kappa shape index (κ3) is 17.2. The van der Waals surface area contributed by atoms with Crippen LogP contribution in [0.1, 0.15) is 126 Å². The molecule has 2 amide bonds. The summed E-state index contributed by atoms with van der Waals surface area (Å²) in [6.07, 6.45) is 7.95. The number of Topliss-reactive ketones (excluding diaryl/α,β-unsaturated/α-hetero) is 3. The number of nitrogens with zero attached hydrogens (tertiary/aromatic N) is 2. The topological polar surface area (TPSA) is 260 Å². The monoisotopic (exact) mass is 1110 g/mol. The van der Waals surface area contributed by atoms with E-state index in [4.69, 9.17) is 33.2 Å². The van der Waals surface area contributed by atoms with Crippen LogP contribution in [0.4, 0.5) is 4.79 Å². The molecule has 0 aromatic carbocycles. The summed E-state index contributed by atoms with van der Waals surface area (Å²) in [5.74, 6) is -8.82. The number of aliphatic hydroxyl groups excluding tert-OH is 1. The molecule has 4 aliphatic heterocycles. The Hall–Kier alpha value is -4.19. The van der Waals surface area contributed by atoms with Gasteiger partial charge in [-0.05, 0) is 107 Å². The standard InChI is InChI=1S/C56H87N3O17S/c1-34-16-12-11-13-17-35(2)46(70-8)32-42-21-19-40(7)56(67,76-42)52(63)53(64)59-23-15-14-18-43(59)54(65)74-47(33-44(60)36(3)29-39(6)50(62)51(72-10)49(61)38(5)28-34)37(4)30-41-20-22-45(48(31-41)71-9)75-55(66)57-77(68,69)58-24-26-73-27-25-58/h11-13,16-17,29,34,37-43,45-48,50-51,62,67H,14-15,18-28,30-33H2,1-10H3,(H,57,66)/t34-,37-,38-,39?,40-,41+,42+,43+,45-,46+,47+,48-,50-,51+,56-/m1/s1. The highest BCUT2D eigenvalue weighted by Gasteiger charge is 2.53. The summed E-state index contributed by atoms with van der Waals surface area (Å²) in [5.41, 5.74) is 1.10. The number of rotatable bonds is 9. The van der Waals surface area contributed by atoms with Gasteiger partial charge in [-0.25, -0.2) is 14.3 Å². The van der Waals surface area contributed by atoms with Gasteiger partial charge in [0.2, 0.25) is 5.79 Å². The summed E-state index contributed by atoms with van der Waals surface area (Å²) in [6.45, 7) is 13.0. The summed E-state index contributed by atoms with van der Waals surface area (Å²) < 4.78 is 69.3. The third-order valence-corrected chi connectivity index (χ3v) is 17.7. The zero-order valence-corrected chi connectivity index (χ0v) is 47.7. The first-order valence-electron chi connectivity index (χ1n) is 27.5. The smallest absolute Gasteiger partial charge is 0.422 e. The normalized spacial score (nSPS) is 35.3. The van der Waals surface area contributed by atoms with E-state index in [0.29, 0.717) is 57.8 Å². The van der Waals surface area contributed by atoms with E-state index in [2.05, 4.69) is 0 Å². The van der Waals surface area contributed by atoms with Crippen molar-refractivity contribution >= 4 is 45.5 Å². The number of amides is 2. The minimum absolute atomic E-state index is 0.0135. The van der Waals surface area contributed by atoms with Gasteiger partial charge in [0.25, 0.3) is 11.7 Å². The number of nitrogens with one attached hydrogen (secondary N) is 1. The fraction of sp³-hybridized carbons (Fsp3) is 0.750. The molecule has 2 bridgehead atoms. The second-order valence-corrected chi connectivity index (χ2v) is 23.8. The second kappa shape index (κ2) is 29.3. The summed E-state index contributed by atoms with van der Waals surface area (Å²) in [5, 5.41) is 23.6. The minimum Gasteiger partial charge on any atom is -0.460 e. The van der Waals surface area contributed by atoms with E-state index in [1.807, 2.05) is 55.9 Å². The molecule has 1 saturated carbocycles. The fourth-order valence-corrected chi connectivity index (χ4v) is 12.4. The van der Waals surface area contributed by atoms with Gasteiger partial charge in [-0.3, -0.25) is 19.2 Å². The Balaban J connectivity index is 1.42. The van der Waals surface area contributed by atoms with E-state index in [-0.39, 0.29) is 75.3 Å². The first-order chi connectivity index (χ1) is 36.4. The average molecular weight is 1110 g/mol. The Bertz CT molecular complexity index is 2280. The number of morpholine rings is 1. The van der Waals surface area contributed by atoms with Crippen LogP contribution in [0.5, 0.6) is 0 Å². The van der Waals surface area contributed by atoms with Gasteiger partial charge in [-0.15, -0.1) is 0 Å². The molecule has 0 aromatic heterocycles. The Labute approximate surface area is 455 Å². The molecule has 3 N–H and O–H groups in total. The van der Waals surface area contributed by atoms with Crippen LogP contribution < -0.4 is 4.72 Å². The molecule has 0 aromatic rings. The van der Waals surface area contributed by atoms with Crippen LogP contribution in [0.25, 0.3) is 0 Å². The highest BCUT2D eigenvalue weighted by Crippen LogP contribution is 2.38. The van der Waals surface area contributed by atoms with Gasteiger partial charge in [0, 0.05) is 71.6 Å². The van der Waals surface area contributed by atoms with E-state index < -0.39 is 118 Å². The maximum Gasteiger partial charge on any atom is 0.422 e. The molecule has 434 valence electrons. The molecule has 4 fully saturated rings. The Morgan fingerprint density at radius 1 is 0.870 bits per heavy atom. The number of hydrogen-bond donors (Lipinski definition) is 3. The third-order valence-electron chi connectivity index (χ3n) is 16.2. The number of cyclic esters (lactones) is 1. The number of fused-ring (bicyclic) bond motifs is 3. The molecule has 15 atom stereocenters. The molecule has 20 nitrogen and oxygen atoms in total. The van der Waals surface area contributed by atoms with Crippen LogP contribution >= 0.6 is 0 Å². The minimum atomic E-state index is -4.17. The van der Waals surface area contributed by atoms with Crippen molar-refractivity contribution in [2.24, 2.45) is 35.5 Å². The number of ketones is 3. The highest BCUT2D eigenvalue weighted by atomic mass is 32.2. The van der Waals surface area contributed by atoms with Crippen molar-refractivity contribution < 1.29 is 80.6 Å². The average Bonchev–Trinajstić information content (AvgIpc) is 3.42. The highest BCUT2D eigenvalue weighted by molar-refractivity contribution is 7.87. The van der Waals surface area contributed by atoms with E-state index in [0.717, 1.165) is 14.8 Å². The molecule has 21 heteroatoms. The fourth-order valence-electron chi connectivity index (χ4n) is 11.4. The van der Waals surface area contributed by atoms with Crippen LogP contribution in [0.3, 0.4) is 0 Å². The van der Waals surface area contributed by atoms with E-state index in [1.165, 1.54) is 14.2 Å². The number of allylic oxidation sites excluding steroid dienone is 6. The molecular formula is C56H87N3O17S. The lowest BCUT2D eigenvalue weighted by molar-refractivity contribution is -0.265. The van der Waals surface area contributed by atoms with E-state index >= 15 is 0 Å². The van der Waals surface area contributed by atoms with Crippen molar-refractivity contribution in [1.29, 1.82) is 0 Å². The van der Waals surface area contributed by atoms with Gasteiger partial charge >= 0.3 is 22.3 Å². The lowest BCUT2D eigenvalue weighted by Gasteiger charge is -2.42. The predicted octanol–water partition coefficient (Wildman–Crippen LogP) is 5.49. The lowest BCUT2D eigenvalue weighted by atomic mass is 9.78. The number of carbonyl (C=O) groups is 6. The van der Waals surface area contributed by atoms with Gasteiger partial charge in [-0.1, -0.05) is 71.1 Å².